The van der Waals surface area contributed by atoms with Gasteiger partial charge in [-0.25, -0.2) is 15.0 Å². The number of imidazole rings is 1. The van der Waals surface area contributed by atoms with Gasteiger partial charge in [0.1, 0.15) is 11.6 Å². The number of hydrogen-bond acceptors (Lipinski definition) is 3. The molecule has 108 valence electrons. The van der Waals surface area contributed by atoms with Gasteiger partial charge in [0.25, 0.3) is 0 Å². The molecule has 0 spiro atoms. The van der Waals surface area contributed by atoms with Crippen molar-refractivity contribution in [2.45, 2.75) is 25.8 Å². The Morgan fingerprint density at radius 2 is 2.10 bits per heavy atom. The molecule has 6 heteroatoms. The SMILES string of the molecule is Cc1nccc(Cn2c(C(C)Cl)nc3cc(I)ccc32)n1. The summed E-state index contributed by atoms with van der Waals surface area (Å²) in [6.07, 6.45) is 1.78. The molecule has 1 atom stereocenters. The fourth-order valence-corrected chi connectivity index (χ4v) is 2.99. The van der Waals surface area contributed by atoms with Crippen LogP contribution in [0.2, 0.25) is 0 Å². The molecule has 1 aromatic carbocycles. The zero-order chi connectivity index (χ0) is 15.0. The second kappa shape index (κ2) is 5.88. The maximum Gasteiger partial charge on any atom is 0.128 e. The normalized spacial score (nSPS) is 12.8. The molecular formula is C15H14ClIN4. The van der Waals surface area contributed by atoms with Crippen LogP contribution in [0, 0.1) is 10.5 Å². The van der Waals surface area contributed by atoms with Gasteiger partial charge in [-0.3, -0.25) is 0 Å². The molecule has 2 aromatic heterocycles. The van der Waals surface area contributed by atoms with E-state index < -0.39 is 0 Å². The Kier molecular flexibility index (Phi) is 4.12. The molecule has 0 radical (unpaired) electrons. The fourth-order valence-electron chi connectivity index (χ4n) is 2.35. The van der Waals surface area contributed by atoms with Crippen molar-refractivity contribution < 1.29 is 0 Å². The van der Waals surface area contributed by atoms with Gasteiger partial charge >= 0.3 is 0 Å². The van der Waals surface area contributed by atoms with E-state index in [1.165, 1.54) is 0 Å². The zero-order valence-corrected chi connectivity index (χ0v) is 14.6. The first kappa shape index (κ1) is 14.7. The highest BCUT2D eigenvalue weighted by Crippen LogP contribution is 2.26. The molecule has 21 heavy (non-hydrogen) atoms. The lowest BCUT2D eigenvalue weighted by Crippen LogP contribution is -2.08. The molecule has 0 amide bonds. The predicted molar refractivity (Wildman–Crippen MR) is 92.6 cm³/mol. The van der Waals surface area contributed by atoms with Crippen LogP contribution in [0.5, 0.6) is 0 Å². The summed E-state index contributed by atoms with van der Waals surface area (Å²) in [5, 5.41) is -0.155. The molecule has 4 nitrogen and oxygen atoms in total. The average molecular weight is 413 g/mol. The Morgan fingerprint density at radius 3 is 2.81 bits per heavy atom. The monoisotopic (exact) mass is 412 g/mol. The smallest absolute Gasteiger partial charge is 0.128 e. The van der Waals surface area contributed by atoms with Crippen molar-refractivity contribution >= 4 is 45.2 Å². The van der Waals surface area contributed by atoms with Gasteiger partial charge in [-0.2, -0.15) is 0 Å². The van der Waals surface area contributed by atoms with Crippen molar-refractivity contribution in [1.29, 1.82) is 0 Å². The lowest BCUT2D eigenvalue weighted by Gasteiger charge is -2.10. The Hall–Kier alpha value is -1.21. The van der Waals surface area contributed by atoms with Crippen LogP contribution in [0.15, 0.2) is 30.5 Å². The lowest BCUT2D eigenvalue weighted by atomic mass is 10.3. The van der Waals surface area contributed by atoms with E-state index in [1.807, 2.05) is 19.9 Å². The molecule has 0 aliphatic carbocycles. The standard InChI is InChI=1S/C15H14ClIN4/c1-9(16)15-20-13-7-11(17)3-4-14(13)21(15)8-12-5-6-18-10(2)19-12/h3-7,9H,8H2,1-2H3. The van der Waals surface area contributed by atoms with Crippen molar-refractivity contribution in [1.82, 2.24) is 19.5 Å². The highest BCUT2D eigenvalue weighted by atomic mass is 127. The summed E-state index contributed by atoms with van der Waals surface area (Å²) in [6, 6.07) is 8.16. The van der Waals surface area contributed by atoms with Crippen LogP contribution in [0.1, 0.15) is 29.6 Å². The first-order chi connectivity index (χ1) is 10.0. The second-order valence-electron chi connectivity index (χ2n) is 4.90. The lowest BCUT2D eigenvalue weighted by molar-refractivity contribution is 0.721. The van der Waals surface area contributed by atoms with Crippen LogP contribution in [0.25, 0.3) is 11.0 Å². The van der Waals surface area contributed by atoms with E-state index in [9.17, 15) is 0 Å². The van der Waals surface area contributed by atoms with Gasteiger partial charge in [0, 0.05) is 9.77 Å². The van der Waals surface area contributed by atoms with Crippen molar-refractivity contribution in [3.63, 3.8) is 0 Å². The third-order valence-electron chi connectivity index (χ3n) is 3.25. The minimum absolute atomic E-state index is 0.155. The molecule has 1 unspecified atom stereocenters. The predicted octanol–water partition coefficient (Wildman–Crippen LogP) is 4.09. The van der Waals surface area contributed by atoms with Gasteiger partial charge in [0.2, 0.25) is 0 Å². The number of rotatable bonds is 3. The number of aryl methyl sites for hydroxylation is 1. The van der Waals surface area contributed by atoms with E-state index in [2.05, 4.69) is 60.3 Å². The molecule has 0 aliphatic rings. The summed E-state index contributed by atoms with van der Waals surface area (Å²) in [4.78, 5) is 13.3. The summed E-state index contributed by atoms with van der Waals surface area (Å²) in [7, 11) is 0. The van der Waals surface area contributed by atoms with Crippen LogP contribution in [-0.4, -0.2) is 19.5 Å². The third-order valence-corrected chi connectivity index (χ3v) is 4.12. The molecule has 0 bridgehead atoms. The summed E-state index contributed by atoms with van der Waals surface area (Å²) < 4.78 is 3.29. The largest absolute Gasteiger partial charge is 0.321 e. The van der Waals surface area contributed by atoms with E-state index in [0.29, 0.717) is 6.54 Å². The summed E-state index contributed by atoms with van der Waals surface area (Å²) in [5.74, 6) is 1.64. The zero-order valence-electron chi connectivity index (χ0n) is 11.7. The highest BCUT2D eigenvalue weighted by molar-refractivity contribution is 14.1. The first-order valence-electron chi connectivity index (χ1n) is 6.63. The van der Waals surface area contributed by atoms with Crippen LogP contribution in [0.4, 0.5) is 0 Å². The number of nitrogens with zero attached hydrogens (tertiary/aromatic N) is 4. The fraction of sp³-hybridized carbons (Fsp3) is 0.267. The van der Waals surface area contributed by atoms with E-state index >= 15 is 0 Å². The van der Waals surface area contributed by atoms with Gasteiger partial charge in [-0.1, -0.05) is 0 Å². The van der Waals surface area contributed by atoms with Crippen LogP contribution in [0.3, 0.4) is 0 Å². The molecule has 2 heterocycles. The second-order valence-corrected chi connectivity index (χ2v) is 6.80. The van der Waals surface area contributed by atoms with E-state index in [4.69, 9.17) is 11.6 Å². The molecule has 0 fully saturated rings. The Bertz CT molecular complexity index is 797. The topological polar surface area (TPSA) is 43.6 Å². The van der Waals surface area contributed by atoms with Crippen molar-refractivity contribution in [3.05, 3.63) is 51.4 Å². The minimum Gasteiger partial charge on any atom is -0.321 e. The van der Waals surface area contributed by atoms with Crippen molar-refractivity contribution in [2.75, 3.05) is 0 Å². The molecule has 3 aromatic rings. The van der Waals surface area contributed by atoms with Crippen molar-refractivity contribution in [3.8, 4) is 0 Å². The average Bonchev–Trinajstić information content (AvgIpc) is 2.77. The van der Waals surface area contributed by atoms with Gasteiger partial charge in [0.15, 0.2) is 0 Å². The Morgan fingerprint density at radius 1 is 1.29 bits per heavy atom. The maximum atomic E-state index is 6.30. The quantitative estimate of drug-likeness (QED) is 0.481. The van der Waals surface area contributed by atoms with Crippen molar-refractivity contribution in [2.24, 2.45) is 0 Å². The summed E-state index contributed by atoms with van der Waals surface area (Å²) >= 11 is 8.59. The van der Waals surface area contributed by atoms with Gasteiger partial charge in [0.05, 0.1) is 28.6 Å². The summed E-state index contributed by atoms with van der Waals surface area (Å²) in [5.41, 5.74) is 3.00. The van der Waals surface area contributed by atoms with Gasteiger partial charge in [-0.05, 0) is 60.7 Å². The third kappa shape index (κ3) is 3.03. The van der Waals surface area contributed by atoms with Crippen LogP contribution in [-0.2, 0) is 6.54 Å². The van der Waals surface area contributed by atoms with E-state index in [-0.39, 0.29) is 5.38 Å². The van der Waals surface area contributed by atoms with E-state index in [1.54, 1.807) is 6.20 Å². The van der Waals surface area contributed by atoms with Crippen LogP contribution >= 0.6 is 34.2 Å². The van der Waals surface area contributed by atoms with E-state index in [0.717, 1.165) is 31.9 Å². The molecule has 3 rings (SSSR count). The molecule has 0 saturated carbocycles. The number of aromatic nitrogens is 4. The number of benzene rings is 1. The molecule has 0 aliphatic heterocycles. The van der Waals surface area contributed by atoms with Gasteiger partial charge < -0.3 is 4.57 Å². The molecule has 0 saturated heterocycles. The Balaban J connectivity index is 2.13. The molecular weight excluding hydrogens is 399 g/mol. The number of halogens is 2. The number of fused-ring (bicyclic) bond motifs is 1. The number of hydrogen-bond donors (Lipinski definition) is 0. The van der Waals surface area contributed by atoms with Gasteiger partial charge in [-0.15, -0.1) is 11.6 Å². The summed E-state index contributed by atoms with van der Waals surface area (Å²) in [6.45, 7) is 4.48. The van der Waals surface area contributed by atoms with Crippen LogP contribution < -0.4 is 0 Å². The number of alkyl halides is 1. The Labute approximate surface area is 141 Å². The molecule has 0 N–H and O–H groups in total. The maximum absolute atomic E-state index is 6.30. The minimum atomic E-state index is -0.155. The first-order valence-corrected chi connectivity index (χ1v) is 8.14. The highest BCUT2D eigenvalue weighted by Gasteiger charge is 2.15.